The maximum absolute atomic E-state index is 5.49. The molecular weight excluding hydrogens is 156 g/mol. The van der Waals surface area contributed by atoms with E-state index in [4.69, 9.17) is 14.2 Å². The molecule has 3 heteroatoms. The minimum Gasteiger partial charge on any atom is -0.381 e. The van der Waals surface area contributed by atoms with Gasteiger partial charge in [0.1, 0.15) is 6.10 Å². The van der Waals surface area contributed by atoms with Crippen LogP contribution in [-0.2, 0) is 14.2 Å². The fraction of sp³-hybridized carbons (Fsp3) is 1.00. The number of hydrogen-bond donors (Lipinski definition) is 0. The molecule has 2 unspecified atom stereocenters. The molecule has 0 saturated carbocycles. The Morgan fingerprint density at radius 2 is 2.17 bits per heavy atom. The standard InChI is InChI=1S/C9H16O3/c1-2-8(4-10-3-1)5-11-6-9-7-12-9/h8-9H,1-7H2. The van der Waals surface area contributed by atoms with E-state index < -0.39 is 0 Å². The van der Waals surface area contributed by atoms with E-state index in [2.05, 4.69) is 0 Å². The number of rotatable bonds is 4. The second-order valence-corrected chi connectivity index (χ2v) is 3.58. The maximum Gasteiger partial charge on any atom is 0.104 e. The minimum atomic E-state index is 0.398. The van der Waals surface area contributed by atoms with Crippen LogP contribution in [0.1, 0.15) is 12.8 Å². The number of epoxide rings is 1. The van der Waals surface area contributed by atoms with Crippen LogP contribution in [0.3, 0.4) is 0 Å². The van der Waals surface area contributed by atoms with Gasteiger partial charge in [0.25, 0.3) is 0 Å². The lowest BCUT2D eigenvalue weighted by Gasteiger charge is -2.21. The Kier molecular flexibility index (Phi) is 2.98. The first-order valence-electron chi connectivity index (χ1n) is 4.72. The lowest BCUT2D eigenvalue weighted by molar-refractivity contribution is 0.00266. The molecule has 0 bridgehead atoms. The normalized spacial score (nSPS) is 35.0. The molecule has 0 aliphatic carbocycles. The summed E-state index contributed by atoms with van der Waals surface area (Å²) in [5.74, 6) is 0.623. The summed E-state index contributed by atoms with van der Waals surface area (Å²) in [5, 5.41) is 0. The van der Waals surface area contributed by atoms with Gasteiger partial charge in [0, 0.05) is 12.5 Å². The second-order valence-electron chi connectivity index (χ2n) is 3.58. The van der Waals surface area contributed by atoms with Crippen molar-refractivity contribution in [3.8, 4) is 0 Å². The van der Waals surface area contributed by atoms with E-state index in [1.807, 2.05) is 0 Å². The highest BCUT2D eigenvalue weighted by molar-refractivity contribution is 4.68. The van der Waals surface area contributed by atoms with E-state index in [0.717, 1.165) is 33.0 Å². The van der Waals surface area contributed by atoms with Crippen molar-refractivity contribution < 1.29 is 14.2 Å². The Labute approximate surface area is 73.0 Å². The molecule has 0 aromatic carbocycles. The Balaban J connectivity index is 1.52. The zero-order valence-corrected chi connectivity index (χ0v) is 7.33. The van der Waals surface area contributed by atoms with E-state index in [1.165, 1.54) is 12.8 Å². The summed E-state index contributed by atoms with van der Waals surface area (Å²) in [4.78, 5) is 0. The fourth-order valence-corrected chi connectivity index (χ4v) is 1.47. The zero-order valence-electron chi connectivity index (χ0n) is 7.33. The van der Waals surface area contributed by atoms with Gasteiger partial charge in [0.15, 0.2) is 0 Å². The Hall–Kier alpha value is -0.120. The highest BCUT2D eigenvalue weighted by atomic mass is 16.6. The van der Waals surface area contributed by atoms with Crippen molar-refractivity contribution in [2.45, 2.75) is 18.9 Å². The lowest BCUT2D eigenvalue weighted by Crippen LogP contribution is -2.22. The van der Waals surface area contributed by atoms with Gasteiger partial charge in [-0.3, -0.25) is 0 Å². The van der Waals surface area contributed by atoms with Crippen LogP contribution in [0.15, 0.2) is 0 Å². The molecule has 2 atom stereocenters. The number of ether oxygens (including phenoxy) is 3. The first-order valence-corrected chi connectivity index (χ1v) is 4.72. The molecule has 0 spiro atoms. The van der Waals surface area contributed by atoms with Crippen LogP contribution in [-0.4, -0.2) is 39.1 Å². The first-order chi connectivity index (χ1) is 5.95. The molecule has 12 heavy (non-hydrogen) atoms. The third-order valence-corrected chi connectivity index (χ3v) is 2.31. The molecule has 2 saturated heterocycles. The lowest BCUT2D eigenvalue weighted by atomic mass is 10.0. The highest BCUT2D eigenvalue weighted by Crippen LogP contribution is 2.15. The third kappa shape index (κ3) is 2.73. The average Bonchev–Trinajstić information content (AvgIpc) is 2.90. The van der Waals surface area contributed by atoms with Crippen molar-refractivity contribution in [2.75, 3.05) is 33.0 Å². The molecule has 3 nitrogen and oxygen atoms in total. The molecule has 70 valence electrons. The second kappa shape index (κ2) is 4.21. The fourth-order valence-electron chi connectivity index (χ4n) is 1.47. The Morgan fingerprint density at radius 3 is 2.83 bits per heavy atom. The topological polar surface area (TPSA) is 31.0 Å². The zero-order chi connectivity index (χ0) is 8.23. The molecule has 0 radical (unpaired) electrons. The summed E-state index contributed by atoms with van der Waals surface area (Å²) in [5.41, 5.74) is 0. The van der Waals surface area contributed by atoms with E-state index >= 15 is 0 Å². The highest BCUT2D eigenvalue weighted by Gasteiger charge is 2.23. The molecule has 0 aromatic heterocycles. The van der Waals surface area contributed by atoms with Gasteiger partial charge in [-0.2, -0.15) is 0 Å². The molecule has 2 rings (SSSR count). The Bertz CT molecular complexity index is 128. The summed E-state index contributed by atoms with van der Waals surface area (Å²) in [7, 11) is 0. The van der Waals surface area contributed by atoms with Crippen LogP contribution in [0, 0.1) is 5.92 Å². The van der Waals surface area contributed by atoms with Crippen LogP contribution in [0.5, 0.6) is 0 Å². The van der Waals surface area contributed by atoms with E-state index in [0.29, 0.717) is 12.0 Å². The predicted octanol–water partition coefficient (Wildman–Crippen LogP) is 0.828. The van der Waals surface area contributed by atoms with Crippen molar-refractivity contribution in [1.82, 2.24) is 0 Å². The Morgan fingerprint density at radius 1 is 1.25 bits per heavy atom. The summed E-state index contributed by atoms with van der Waals surface area (Å²) in [6.07, 6.45) is 2.84. The monoisotopic (exact) mass is 172 g/mol. The van der Waals surface area contributed by atoms with Gasteiger partial charge in [0.2, 0.25) is 0 Å². The number of hydrogen-bond acceptors (Lipinski definition) is 3. The minimum absolute atomic E-state index is 0.398. The van der Waals surface area contributed by atoms with E-state index in [1.54, 1.807) is 0 Å². The molecule has 2 aliphatic heterocycles. The van der Waals surface area contributed by atoms with Gasteiger partial charge < -0.3 is 14.2 Å². The molecule has 0 N–H and O–H groups in total. The third-order valence-electron chi connectivity index (χ3n) is 2.31. The molecule has 0 amide bonds. The van der Waals surface area contributed by atoms with Gasteiger partial charge in [-0.25, -0.2) is 0 Å². The molecular formula is C9H16O3. The summed E-state index contributed by atoms with van der Waals surface area (Å²) >= 11 is 0. The maximum atomic E-state index is 5.49. The van der Waals surface area contributed by atoms with Crippen LogP contribution >= 0.6 is 0 Å². The summed E-state index contributed by atoms with van der Waals surface area (Å²) in [6, 6.07) is 0. The van der Waals surface area contributed by atoms with Crippen molar-refractivity contribution in [1.29, 1.82) is 0 Å². The molecule has 0 aromatic rings. The molecule has 2 fully saturated rings. The van der Waals surface area contributed by atoms with Crippen molar-refractivity contribution in [3.63, 3.8) is 0 Å². The van der Waals surface area contributed by atoms with Crippen molar-refractivity contribution >= 4 is 0 Å². The smallest absolute Gasteiger partial charge is 0.104 e. The molecule has 2 aliphatic rings. The van der Waals surface area contributed by atoms with Crippen LogP contribution in [0.25, 0.3) is 0 Å². The van der Waals surface area contributed by atoms with Gasteiger partial charge in [-0.15, -0.1) is 0 Å². The van der Waals surface area contributed by atoms with Crippen LogP contribution in [0.4, 0.5) is 0 Å². The quantitative estimate of drug-likeness (QED) is 0.588. The predicted molar refractivity (Wildman–Crippen MR) is 44.1 cm³/mol. The average molecular weight is 172 g/mol. The first kappa shape index (κ1) is 8.48. The summed E-state index contributed by atoms with van der Waals surface area (Å²) < 4.78 is 15.9. The van der Waals surface area contributed by atoms with Crippen LogP contribution in [0.2, 0.25) is 0 Å². The van der Waals surface area contributed by atoms with Gasteiger partial charge >= 0.3 is 0 Å². The SMILES string of the molecule is C1COCC(COCC2CO2)C1. The molecule has 2 heterocycles. The van der Waals surface area contributed by atoms with Crippen LogP contribution < -0.4 is 0 Å². The summed E-state index contributed by atoms with van der Waals surface area (Å²) in [6.45, 7) is 4.32. The van der Waals surface area contributed by atoms with Crippen molar-refractivity contribution in [3.05, 3.63) is 0 Å². The van der Waals surface area contributed by atoms with Gasteiger partial charge in [-0.05, 0) is 12.8 Å². The van der Waals surface area contributed by atoms with Gasteiger partial charge in [0.05, 0.1) is 26.4 Å². The van der Waals surface area contributed by atoms with Gasteiger partial charge in [-0.1, -0.05) is 0 Å². The van der Waals surface area contributed by atoms with E-state index in [9.17, 15) is 0 Å². The van der Waals surface area contributed by atoms with E-state index in [-0.39, 0.29) is 0 Å². The van der Waals surface area contributed by atoms with Crippen molar-refractivity contribution in [2.24, 2.45) is 5.92 Å². The largest absolute Gasteiger partial charge is 0.381 e.